The van der Waals surface area contributed by atoms with Gasteiger partial charge in [0, 0.05) is 20.2 Å². The molecule has 0 aliphatic carbocycles. The molecule has 0 radical (unpaired) electrons. The summed E-state index contributed by atoms with van der Waals surface area (Å²) in [6.07, 6.45) is -1.66. The molecule has 186 valence electrons. The van der Waals surface area contributed by atoms with E-state index in [0.29, 0.717) is 6.54 Å². The fourth-order valence-corrected chi connectivity index (χ4v) is 5.01. The number of hydrogen-bond acceptors (Lipinski definition) is 8. The molecule has 1 aromatic carbocycles. The van der Waals surface area contributed by atoms with Gasteiger partial charge < -0.3 is 25.6 Å². The second-order valence-electron chi connectivity index (χ2n) is 8.97. The van der Waals surface area contributed by atoms with E-state index < -0.39 is 24.4 Å². The van der Waals surface area contributed by atoms with Crippen LogP contribution in [0, 0.1) is 12.8 Å². The zero-order valence-corrected chi connectivity index (χ0v) is 20.8. The van der Waals surface area contributed by atoms with Gasteiger partial charge in [0.2, 0.25) is 11.8 Å². The van der Waals surface area contributed by atoms with Gasteiger partial charge in [-0.3, -0.25) is 14.5 Å². The number of β-amino-alcohol motifs (C(OH)–C–C–N with tert-alkyl or cyclic N) is 1. The number of nitrogens with zero attached hydrogens (tertiary/aromatic N) is 2. The van der Waals surface area contributed by atoms with Crippen LogP contribution in [-0.2, 0) is 20.9 Å². The number of nitrogens with one attached hydrogen (secondary N) is 2. The molecule has 2 amide bonds. The van der Waals surface area contributed by atoms with E-state index in [9.17, 15) is 19.8 Å². The molecule has 1 aliphatic heterocycles. The first-order valence-corrected chi connectivity index (χ1v) is 12.3. The van der Waals surface area contributed by atoms with Crippen molar-refractivity contribution in [2.45, 2.75) is 58.2 Å². The van der Waals surface area contributed by atoms with Gasteiger partial charge in [-0.1, -0.05) is 38.1 Å². The number of carbonyl (C=O) groups is 2. The third kappa shape index (κ3) is 6.39. The Balaban J connectivity index is 1.63. The number of likely N-dealkylation sites (tertiary alicyclic amines) is 1. The number of rotatable bonds is 10. The van der Waals surface area contributed by atoms with Crippen LogP contribution in [0.4, 0.5) is 0 Å². The minimum Gasteiger partial charge on any atom is -0.392 e. The van der Waals surface area contributed by atoms with Gasteiger partial charge in [0.15, 0.2) is 0 Å². The predicted octanol–water partition coefficient (Wildman–Crippen LogP) is 1.28. The van der Waals surface area contributed by atoms with Crippen molar-refractivity contribution in [1.29, 1.82) is 0 Å². The highest BCUT2D eigenvalue weighted by Crippen LogP contribution is 2.27. The van der Waals surface area contributed by atoms with Crippen molar-refractivity contribution >= 4 is 23.2 Å². The standard InChI is InChI=1S/C24H34N4O5S/c1-14(2)21(27-20(30)12-33-4)24(32)28-11-18(29)9-19(28)23(31)25-10-16-5-7-17(8-6-16)22-15(3)26-13-34-22/h5-8,13-14,18-19,21,24,29,32H,9-12H2,1-4H3,(H,25,31)(H,27,30)/t18-,19+,21+,24?/m1/s1. The summed E-state index contributed by atoms with van der Waals surface area (Å²) in [5, 5.41) is 27.0. The highest BCUT2D eigenvalue weighted by atomic mass is 32.1. The van der Waals surface area contributed by atoms with Gasteiger partial charge in [-0.15, -0.1) is 11.3 Å². The van der Waals surface area contributed by atoms with Gasteiger partial charge in [-0.2, -0.15) is 0 Å². The number of amides is 2. The Kier molecular flexibility index (Phi) is 9.15. The Morgan fingerprint density at radius 2 is 2.00 bits per heavy atom. The van der Waals surface area contributed by atoms with Crippen LogP contribution < -0.4 is 10.6 Å². The molecule has 1 aromatic heterocycles. The monoisotopic (exact) mass is 490 g/mol. The lowest BCUT2D eigenvalue weighted by atomic mass is 10.0. The molecule has 0 saturated carbocycles. The maximum atomic E-state index is 13.0. The van der Waals surface area contributed by atoms with E-state index in [4.69, 9.17) is 4.74 Å². The molecule has 10 heteroatoms. The Labute approximate surface area is 204 Å². The highest BCUT2D eigenvalue weighted by Gasteiger charge is 2.42. The fraction of sp³-hybridized carbons (Fsp3) is 0.542. The van der Waals surface area contributed by atoms with E-state index in [0.717, 1.165) is 21.7 Å². The molecule has 4 atom stereocenters. The molecule has 3 rings (SSSR count). The maximum absolute atomic E-state index is 13.0. The van der Waals surface area contributed by atoms with E-state index in [1.165, 1.54) is 7.11 Å². The number of aliphatic hydroxyl groups is 2. The first kappa shape index (κ1) is 26.2. The van der Waals surface area contributed by atoms with Gasteiger partial charge in [0.1, 0.15) is 12.8 Å². The lowest BCUT2D eigenvalue weighted by Crippen LogP contribution is -2.58. The molecule has 2 aromatic rings. The van der Waals surface area contributed by atoms with Gasteiger partial charge in [-0.25, -0.2) is 4.98 Å². The second kappa shape index (κ2) is 11.9. The third-order valence-electron chi connectivity index (χ3n) is 6.03. The van der Waals surface area contributed by atoms with E-state index in [1.807, 2.05) is 50.5 Å². The van der Waals surface area contributed by atoms with E-state index in [2.05, 4.69) is 15.6 Å². The number of aliphatic hydroxyl groups excluding tert-OH is 2. The lowest BCUT2D eigenvalue weighted by Gasteiger charge is -2.36. The predicted molar refractivity (Wildman–Crippen MR) is 130 cm³/mol. The van der Waals surface area contributed by atoms with Crippen molar-refractivity contribution in [3.63, 3.8) is 0 Å². The van der Waals surface area contributed by atoms with Crippen LogP contribution in [0.15, 0.2) is 29.8 Å². The Morgan fingerprint density at radius 1 is 1.29 bits per heavy atom. The molecule has 1 saturated heterocycles. The van der Waals surface area contributed by atoms with Crippen molar-refractivity contribution in [2.24, 2.45) is 5.92 Å². The Morgan fingerprint density at radius 3 is 2.59 bits per heavy atom. The summed E-state index contributed by atoms with van der Waals surface area (Å²) in [6, 6.07) is 6.62. The lowest BCUT2D eigenvalue weighted by molar-refractivity contribution is -0.134. The molecule has 1 fully saturated rings. The largest absolute Gasteiger partial charge is 0.392 e. The van der Waals surface area contributed by atoms with E-state index >= 15 is 0 Å². The molecule has 9 nitrogen and oxygen atoms in total. The number of hydrogen-bond donors (Lipinski definition) is 4. The summed E-state index contributed by atoms with van der Waals surface area (Å²) in [5.41, 5.74) is 4.83. The molecule has 4 N–H and O–H groups in total. The molecule has 1 aliphatic rings. The number of aromatic nitrogens is 1. The van der Waals surface area contributed by atoms with Crippen LogP contribution in [0.3, 0.4) is 0 Å². The summed E-state index contributed by atoms with van der Waals surface area (Å²) < 4.78 is 4.86. The molecule has 0 spiro atoms. The van der Waals surface area contributed by atoms with Crippen LogP contribution >= 0.6 is 11.3 Å². The maximum Gasteiger partial charge on any atom is 0.246 e. The normalized spacial score (nSPS) is 20.3. The smallest absolute Gasteiger partial charge is 0.246 e. The fourth-order valence-electron chi connectivity index (χ4n) is 4.20. The minimum absolute atomic E-state index is 0.0991. The Hall–Kier alpha value is -2.37. The molecular weight excluding hydrogens is 456 g/mol. The summed E-state index contributed by atoms with van der Waals surface area (Å²) in [6.45, 7) is 6.08. The SMILES string of the molecule is COCC(=O)N[C@@H](C(C)C)C(O)N1C[C@H](O)C[C@H]1C(=O)NCc1ccc(-c2scnc2C)cc1. The van der Waals surface area contributed by atoms with Crippen LogP contribution in [-0.4, -0.2) is 76.6 Å². The summed E-state index contributed by atoms with van der Waals surface area (Å²) >= 11 is 1.59. The van der Waals surface area contributed by atoms with E-state index in [1.54, 1.807) is 16.2 Å². The quantitative estimate of drug-likeness (QED) is 0.395. The summed E-state index contributed by atoms with van der Waals surface area (Å²) in [5.74, 6) is -0.723. The second-order valence-corrected chi connectivity index (χ2v) is 9.82. The molecule has 1 unspecified atom stereocenters. The summed E-state index contributed by atoms with van der Waals surface area (Å²) in [4.78, 5) is 32.0. The molecule has 34 heavy (non-hydrogen) atoms. The van der Waals surface area contributed by atoms with E-state index in [-0.39, 0.29) is 37.3 Å². The molecular formula is C24H34N4O5S. The van der Waals surface area contributed by atoms with Crippen LogP contribution in [0.5, 0.6) is 0 Å². The van der Waals surface area contributed by atoms with Gasteiger partial charge in [0.05, 0.1) is 34.3 Å². The average Bonchev–Trinajstić information content (AvgIpc) is 3.41. The van der Waals surface area contributed by atoms with Gasteiger partial charge in [0.25, 0.3) is 0 Å². The van der Waals surface area contributed by atoms with Crippen LogP contribution in [0.25, 0.3) is 10.4 Å². The topological polar surface area (TPSA) is 124 Å². The van der Waals surface area contributed by atoms with Crippen LogP contribution in [0.2, 0.25) is 0 Å². The van der Waals surface area contributed by atoms with Crippen molar-refractivity contribution in [3.8, 4) is 10.4 Å². The number of benzene rings is 1. The number of methoxy groups -OCH3 is 1. The third-order valence-corrected chi connectivity index (χ3v) is 7.01. The van der Waals surface area contributed by atoms with Crippen molar-refractivity contribution in [1.82, 2.24) is 20.5 Å². The van der Waals surface area contributed by atoms with Gasteiger partial charge >= 0.3 is 0 Å². The number of carbonyl (C=O) groups excluding carboxylic acids is 2. The molecule has 0 bridgehead atoms. The minimum atomic E-state index is -1.13. The Bertz CT molecular complexity index is 965. The highest BCUT2D eigenvalue weighted by molar-refractivity contribution is 7.13. The van der Waals surface area contributed by atoms with Gasteiger partial charge in [-0.05, 0) is 30.4 Å². The molecule has 2 heterocycles. The first-order valence-electron chi connectivity index (χ1n) is 11.4. The first-order chi connectivity index (χ1) is 16.2. The van der Waals surface area contributed by atoms with Crippen molar-refractivity contribution in [3.05, 3.63) is 41.0 Å². The van der Waals surface area contributed by atoms with Crippen molar-refractivity contribution in [2.75, 3.05) is 20.3 Å². The number of aryl methyl sites for hydroxylation is 1. The summed E-state index contributed by atoms with van der Waals surface area (Å²) in [7, 11) is 1.42. The average molecular weight is 491 g/mol. The number of ether oxygens (including phenoxy) is 1. The number of thiazole rings is 1. The van der Waals surface area contributed by atoms with Crippen molar-refractivity contribution < 1.29 is 24.5 Å². The zero-order chi connectivity index (χ0) is 24.8. The van der Waals surface area contributed by atoms with Crippen LogP contribution in [0.1, 0.15) is 31.5 Å². The zero-order valence-electron chi connectivity index (χ0n) is 20.0.